The number of aliphatic hydroxyl groups is 1. The molecule has 0 aromatic heterocycles. The summed E-state index contributed by atoms with van der Waals surface area (Å²) in [6, 6.07) is 0. The van der Waals surface area contributed by atoms with E-state index >= 15 is 0 Å². The van der Waals surface area contributed by atoms with Crippen LogP contribution < -0.4 is 0 Å². The highest BCUT2D eigenvalue weighted by atomic mass is 16.5. The predicted molar refractivity (Wildman–Crippen MR) is 86.1 cm³/mol. The number of aliphatic hydroxyl groups excluding tert-OH is 1. The molecular weight excluding hydrogens is 260 g/mol. The van der Waals surface area contributed by atoms with Crippen molar-refractivity contribution >= 4 is 0 Å². The van der Waals surface area contributed by atoms with Gasteiger partial charge in [-0.05, 0) is 63.2 Å². The van der Waals surface area contributed by atoms with Crippen LogP contribution in [0.3, 0.4) is 0 Å². The lowest BCUT2D eigenvalue weighted by atomic mass is 9.70. The average molecular weight is 292 g/mol. The first-order valence-corrected chi connectivity index (χ1v) is 9.07. The summed E-state index contributed by atoms with van der Waals surface area (Å²) in [5.74, 6) is 1.55. The molecule has 3 rings (SSSR count). The maximum Gasteiger partial charge on any atom is 0.0686 e. The lowest BCUT2D eigenvalue weighted by Gasteiger charge is -2.46. The fourth-order valence-electron chi connectivity index (χ4n) is 5.14. The van der Waals surface area contributed by atoms with E-state index in [1.54, 1.807) is 0 Å². The van der Waals surface area contributed by atoms with Crippen molar-refractivity contribution in [3.8, 4) is 0 Å². The van der Waals surface area contributed by atoms with Crippen molar-refractivity contribution in [3.63, 3.8) is 0 Å². The third-order valence-corrected chi connectivity index (χ3v) is 6.09. The van der Waals surface area contributed by atoms with E-state index < -0.39 is 0 Å². The molecule has 1 heterocycles. The van der Waals surface area contributed by atoms with Gasteiger partial charge in [0.15, 0.2) is 0 Å². The Bertz CT molecular complexity index is 376. The molecular formula is C19H32O2. The Kier molecular flexibility index (Phi) is 4.75. The largest absolute Gasteiger partial charge is 0.393 e. The standard InChI is InChI=1S/C19H32O2/c1-14-10-15(2)12-17(11-14)18(20)16-6-9-21-19(13-16)7-4-3-5-8-19/h10,14,16-18,20H,3-9,11-13H2,1-2H3. The molecule has 2 fully saturated rings. The van der Waals surface area contributed by atoms with Gasteiger partial charge in [-0.15, -0.1) is 0 Å². The van der Waals surface area contributed by atoms with Crippen molar-refractivity contribution in [2.75, 3.05) is 6.61 Å². The molecule has 4 atom stereocenters. The predicted octanol–water partition coefficient (Wildman–Crippen LogP) is 4.47. The quantitative estimate of drug-likeness (QED) is 0.761. The van der Waals surface area contributed by atoms with Crippen LogP contribution in [0, 0.1) is 17.8 Å². The molecule has 0 aromatic rings. The van der Waals surface area contributed by atoms with Gasteiger partial charge < -0.3 is 9.84 Å². The normalized spacial score (nSPS) is 38.0. The zero-order chi connectivity index (χ0) is 14.9. The van der Waals surface area contributed by atoms with Crippen LogP contribution in [0.15, 0.2) is 11.6 Å². The van der Waals surface area contributed by atoms with E-state index in [2.05, 4.69) is 19.9 Å². The minimum absolute atomic E-state index is 0.118. The third kappa shape index (κ3) is 3.53. The van der Waals surface area contributed by atoms with Gasteiger partial charge in [0.05, 0.1) is 11.7 Å². The topological polar surface area (TPSA) is 29.5 Å². The van der Waals surface area contributed by atoms with Gasteiger partial charge in [0, 0.05) is 6.61 Å². The Morgan fingerprint density at radius 2 is 2.00 bits per heavy atom. The molecule has 1 aliphatic heterocycles. The Labute approximate surface area is 130 Å². The molecule has 21 heavy (non-hydrogen) atoms. The Morgan fingerprint density at radius 1 is 1.24 bits per heavy atom. The van der Waals surface area contributed by atoms with E-state index in [1.807, 2.05) is 0 Å². The summed E-state index contributed by atoms with van der Waals surface area (Å²) in [6.45, 7) is 5.37. The van der Waals surface area contributed by atoms with Gasteiger partial charge in [-0.2, -0.15) is 0 Å². The van der Waals surface area contributed by atoms with Crippen molar-refractivity contribution in [2.45, 2.75) is 83.3 Å². The summed E-state index contributed by atoms with van der Waals surface area (Å²) in [7, 11) is 0. The molecule has 0 amide bonds. The van der Waals surface area contributed by atoms with Crippen molar-refractivity contribution in [2.24, 2.45) is 17.8 Å². The minimum Gasteiger partial charge on any atom is -0.393 e. The molecule has 0 aromatic carbocycles. The lowest BCUT2D eigenvalue weighted by molar-refractivity contribution is -0.140. The van der Waals surface area contributed by atoms with Crippen LogP contribution in [0.2, 0.25) is 0 Å². The fraction of sp³-hybridized carbons (Fsp3) is 0.895. The summed E-state index contributed by atoms with van der Waals surface area (Å²) in [4.78, 5) is 0. The van der Waals surface area contributed by atoms with Crippen LogP contribution in [0.5, 0.6) is 0 Å². The van der Waals surface area contributed by atoms with Gasteiger partial charge >= 0.3 is 0 Å². The molecule has 120 valence electrons. The minimum atomic E-state index is -0.126. The Hall–Kier alpha value is -0.340. The second-order valence-corrected chi connectivity index (χ2v) is 8.03. The summed E-state index contributed by atoms with van der Waals surface area (Å²) in [5, 5.41) is 11.0. The van der Waals surface area contributed by atoms with E-state index in [0.29, 0.717) is 17.8 Å². The van der Waals surface area contributed by atoms with Crippen molar-refractivity contribution in [1.82, 2.24) is 0 Å². The summed E-state index contributed by atoms with van der Waals surface area (Å²) in [6.07, 6.45) is 13.1. The maximum absolute atomic E-state index is 11.0. The molecule has 2 nitrogen and oxygen atoms in total. The number of hydrogen-bond donors (Lipinski definition) is 1. The van der Waals surface area contributed by atoms with E-state index in [9.17, 15) is 5.11 Å². The molecule has 0 bridgehead atoms. The number of rotatable bonds is 2. The third-order valence-electron chi connectivity index (χ3n) is 6.09. The number of allylic oxidation sites excluding steroid dienone is 2. The monoisotopic (exact) mass is 292 g/mol. The maximum atomic E-state index is 11.0. The van der Waals surface area contributed by atoms with Gasteiger partial charge in [-0.1, -0.05) is 37.8 Å². The lowest BCUT2D eigenvalue weighted by Crippen LogP contribution is -2.46. The van der Waals surface area contributed by atoms with Crippen LogP contribution in [-0.4, -0.2) is 23.4 Å². The molecule has 3 aliphatic rings. The number of ether oxygens (including phenoxy) is 1. The average Bonchev–Trinajstić information content (AvgIpc) is 2.46. The van der Waals surface area contributed by atoms with Gasteiger partial charge in [0.25, 0.3) is 0 Å². The molecule has 1 saturated carbocycles. The van der Waals surface area contributed by atoms with E-state index in [-0.39, 0.29) is 11.7 Å². The smallest absolute Gasteiger partial charge is 0.0686 e. The van der Waals surface area contributed by atoms with Crippen molar-refractivity contribution in [1.29, 1.82) is 0 Å². The van der Waals surface area contributed by atoms with Crippen LogP contribution >= 0.6 is 0 Å². The molecule has 1 spiro atoms. The molecule has 2 aliphatic carbocycles. The second kappa shape index (κ2) is 6.42. The summed E-state index contributed by atoms with van der Waals surface area (Å²) >= 11 is 0. The highest BCUT2D eigenvalue weighted by Crippen LogP contribution is 2.44. The number of hydrogen-bond acceptors (Lipinski definition) is 2. The summed E-state index contributed by atoms with van der Waals surface area (Å²) < 4.78 is 6.19. The van der Waals surface area contributed by atoms with Crippen LogP contribution in [0.25, 0.3) is 0 Å². The first-order valence-electron chi connectivity index (χ1n) is 9.07. The van der Waals surface area contributed by atoms with Gasteiger partial charge in [-0.3, -0.25) is 0 Å². The van der Waals surface area contributed by atoms with Crippen molar-refractivity contribution < 1.29 is 9.84 Å². The highest BCUT2D eigenvalue weighted by molar-refractivity contribution is 5.08. The Balaban J connectivity index is 1.64. The van der Waals surface area contributed by atoms with Crippen LogP contribution in [0.1, 0.15) is 71.6 Å². The summed E-state index contributed by atoms with van der Waals surface area (Å²) in [5.41, 5.74) is 1.59. The van der Waals surface area contributed by atoms with Crippen LogP contribution in [0.4, 0.5) is 0 Å². The zero-order valence-corrected chi connectivity index (χ0v) is 13.8. The van der Waals surface area contributed by atoms with Gasteiger partial charge in [0.1, 0.15) is 0 Å². The first kappa shape index (κ1) is 15.6. The van der Waals surface area contributed by atoms with E-state index in [1.165, 1.54) is 37.7 Å². The molecule has 1 saturated heterocycles. The molecule has 0 radical (unpaired) electrons. The van der Waals surface area contributed by atoms with Gasteiger partial charge in [0.2, 0.25) is 0 Å². The van der Waals surface area contributed by atoms with Crippen LogP contribution in [-0.2, 0) is 4.74 Å². The zero-order valence-electron chi connectivity index (χ0n) is 13.8. The SMILES string of the molecule is CC1=CC(C)CC(C(O)C2CCOC3(CCCCC3)C2)C1. The second-order valence-electron chi connectivity index (χ2n) is 8.03. The first-order chi connectivity index (χ1) is 10.1. The fourth-order valence-corrected chi connectivity index (χ4v) is 5.14. The highest BCUT2D eigenvalue weighted by Gasteiger charge is 2.42. The van der Waals surface area contributed by atoms with E-state index in [4.69, 9.17) is 4.74 Å². The molecule has 4 unspecified atom stereocenters. The molecule has 1 N–H and O–H groups in total. The Morgan fingerprint density at radius 3 is 2.71 bits per heavy atom. The van der Waals surface area contributed by atoms with E-state index in [0.717, 1.165) is 32.3 Å². The van der Waals surface area contributed by atoms with Gasteiger partial charge in [-0.25, -0.2) is 0 Å². The molecule has 2 heteroatoms. The van der Waals surface area contributed by atoms with Crippen molar-refractivity contribution in [3.05, 3.63) is 11.6 Å².